The van der Waals surface area contributed by atoms with Crippen molar-refractivity contribution in [1.82, 2.24) is 0 Å². The monoisotopic (exact) mass is 1050 g/mol. The van der Waals surface area contributed by atoms with Crippen molar-refractivity contribution in [2.45, 2.75) is 316 Å². The summed E-state index contributed by atoms with van der Waals surface area (Å²) in [6.07, 6.45) is 43.0. The fraction of sp³-hybridized carbons (Fsp3) is 0.887. The van der Waals surface area contributed by atoms with Crippen LogP contribution in [0.2, 0.25) is 36.3 Å². The first-order valence-corrected chi connectivity index (χ1v) is 36.0. The Kier molecular flexibility index (Phi) is 44.2. The molecule has 424 valence electrons. The van der Waals surface area contributed by atoms with Crippen molar-refractivity contribution in [2.75, 3.05) is 39.6 Å². The van der Waals surface area contributed by atoms with E-state index in [-0.39, 0.29) is 28.6 Å². The molecule has 10 heteroatoms. The Labute approximate surface area is 449 Å². The van der Waals surface area contributed by atoms with E-state index in [1.54, 1.807) is 0 Å². The van der Waals surface area contributed by atoms with Gasteiger partial charge < -0.3 is 28.2 Å². The van der Waals surface area contributed by atoms with Crippen molar-refractivity contribution in [3.63, 3.8) is 0 Å². The molecule has 1 rings (SSSR count). The predicted molar refractivity (Wildman–Crippen MR) is 313 cm³/mol. The smallest absolute Gasteiger partial charge is 0.192 e. The lowest BCUT2D eigenvalue weighted by atomic mass is 10.0. The molecule has 0 unspecified atom stereocenters. The number of halogens is 1. The maximum absolute atomic E-state index is 13.8. The van der Waals surface area contributed by atoms with Gasteiger partial charge >= 0.3 is 0 Å². The molecule has 0 aliphatic carbocycles. The van der Waals surface area contributed by atoms with Crippen LogP contribution in [-0.2, 0) is 29.7 Å². The number of benzene rings is 1. The SMILES string of the molecule is CCCCCCCCCCCCCCCCCCOC[C@@H](O)CO[Si](C)(C)C(C)(C)C.CCCCCCCCCCCCCCCCCCOC[C@H](CO[Si](C)(C)C(C)(C)C)OCc1cc(F)ccc1C#N. The van der Waals surface area contributed by atoms with Crippen LogP contribution in [0.3, 0.4) is 0 Å². The van der Waals surface area contributed by atoms with E-state index in [9.17, 15) is 14.8 Å². The van der Waals surface area contributed by atoms with E-state index in [4.69, 9.17) is 23.1 Å². The maximum Gasteiger partial charge on any atom is 0.192 e. The summed E-state index contributed by atoms with van der Waals surface area (Å²) in [4.78, 5) is 0. The highest BCUT2D eigenvalue weighted by Crippen LogP contribution is 2.37. The second-order valence-corrected chi connectivity index (χ2v) is 34.0. The second-order valence-electron chi connectivity index (χ2n) is 24.4. The first kappa shape index (κ1) is 70.8. The summed E-state index contributed by atoms with van der Waals surface area (Å²) in [6, 6.07) is 6.31. The Morgan fingerprint density at radius 3 is 1.18 bits per heavy atom. The molecule has 0 saturated heterocycles. The molecule has 7 nitrogen and oxygen atoms in total. The molecule has 0 aliphatic rings. The number of aliphatic hydroxyl groups is 1. The average Bonchev–Trinajstić information content (AvgIpc) is 3.32. The van der Waals surface area contributed by atoms with Crippen LogP contribution in [0, 0.1) is 17.1 Å². The number of hydrogen-bond donors (Lipinski definition) is 1. The van der Waals surface area contributed by atoms with Crippen molar-refractivity contribution < 1.29 is 32.6 Å². The van der Waals surface area contributed by atoms with Gasteiger partial charge in [-0.05, 0) is 72.9 Å². The van der Waals surface area contributed by atoms with Crippen molar-refractivity contribution >= 4 is 16.6 Å². The van der Waals surface area contributed by atoms with Crippen LogP contribution in [0.1, 0.15) is 272 Å². The molecule has 1 N–H and O–H groups in total. The summed E-state index contributed by atoms with van der Waals surface area (Å²) in [5.74, 6) is -0.364. The van der Waals surface area contributed by atoms with Crippen molar-refractivity contribution in [3.05, 3.63) is 35.1 Å². The molecule has 0 bridgehead atoms. The van der Waals surface area contributed by atoms with Crippen LogP contribution < -0.4 is 0 Å². The lowest BCUT2D eigenvalue weighted by molar-refractivity contribution is -0.0477. The van der Waals surface area contributed by atoms with Gasteiger partial charge in [-0.2, -0.15) is 5.26 Å². The van der Waals surface area contributed by atoms with Crippen LogP contribution in [0.25, 0.3) is 0 Å². The van der Waals surface area contributed by atoms with Gasteiger partial charge in [0.2, 0.25) is 0 Å². The zero-order valence-corrected chi connectivity index (χ0v) is 51.8. The number of nitrogens with zero attached hydrogens (tertiary/aromatic N) is 1. The van der Waals surface area contributed by atoms with Gasteiger partial charge in [0.15, 0.2) is 16.6 Å². The van der Waals surface area contributed by atoms with Gasteiger partial charge in [-0.25, -0.2) is 4.39 Å². The standard InChI is InChI=1S/C35H62FNO3Si.C27H58O3Si/c1-7-8-9-10-11-12-13-14-15-16-17-18-19-20-21-22-25-38-29-34(30-40-41(5,6)35(2,3)4)39-28-32-26-33(36)24-23-31(32)27-37;1-7-8-9-10-11-12-13-14-15-16-17-18-19-20-21-22-23-29-24-26(28)25-30-31(5,6)27(2,3)4/h23-24,26,34H,7-22,25,28-30H2,1-6H3;26,28H,7-25H2,1-6H3/t34-;26-/m11/s1. The van der Waals surface area contributed by atoms with Gasteiger partial charge in [-0.1, -0.05) is 248 Å². The zero-order chi connectivity index (χ0) is 53.8. The maximum atomic E-state index is 13.8. The summed E-state index contributed by atoms with van der Waals surface area (Å²) in [5.41, 5.74) is 0.993. The summed E-state index contributed by atoms with van der Waals surface area (Å²) < 4.78 is 44.0. The fourth-order valence-electron chi connectivity index (χ4n) is 8.17. The molecule has 0 amide bonds. The van der Waals surface area contributed by atoms with E-state index >= 15 is 0 Å². The molecule has 0 fully saturated rings. The molecule has 72 heavy (non-hydrogen) atoms. The Hall–Kier alpha value is -1.17. The third kappa shape index (κ3) is 40.1. The van der Waals surface area contributed by atoms with E-state index in [0.717, 1.165) is 19.4 Å². The number of rotatable bonds is 47. The van der Waals surface area contributed by atoms with Crippen LogP contribution in [-0.4, -0.2) is 73.6 Å². The Morgan fingerprint density at radius 2 is 0.833 bits per heavy atom. The molecule has 0 aliphatic heterocycles. The topological polar surface area (TPSA) is 90.2 Å². The third-order valence-corrected chi connectivity index (χ3v) is 24.4. The van der Waals surface area contributed by atoms with E-state index in [0.29, 0.717) is 44.2 Å². The van der Waals surface area contributed by atoms with E-state index in [2.05, 4.69) is 87.6 Å². The summed E-state index contributed by atoms with van der Waals surface area (Å²) >= 11 is 0. The molecule has 0 spiro atoms. The van der Waals surface area contributed by atoms with E-state index in [1.165, 1.54) is 211 Å². The molecule has 0 heterocycles. The molecule has 0 saturated carbocycles. The van der Waals surface area contributed by atoms with Crippen molar-refractivity contribution in [3.8, 4) is 6.07 Å². The highest BCUT2D eigenvalue weighted by atomic mass is 28.4. The minimum atomic E-state index is -1.94. The highest BCUT2D eigenvalue weighted by Gasteiger charge is 2.38. The normalized spacial score (nSPS) is 13.2. The lowest BCUT2D eigenvalue weighted by Crippen LogP contribution is -2.43. The minimum Gasteiger partial charge on any atom is -0.414 e. The molecular weight excluding hydrogens is 930 g/mol. The number of hydrogen-bond acceptors (Lipinski definition) is 7. The Morgan fingerprint density at radius 1 is 0.500 bits per heavy atom. The average molecular weight is 1050 g/mol. The minimum absolute atomic E-state index is 0.0997. The second kappa shape index (κ2) is 44.9. The van der Waals surface area contributed by atoms with Crippen LogP contribution >= 0.6 is 0 Å². The van der Waals surface area contributed by atoms with Gasteiger partial charge in [0, 0.05) is 13.2 Å². The largest absolute Gasteiger partial charge is 0.414 e. The van der Waals surface area contributed by atoms with E-state index < -0.39 is 22.7 Å². The first-order valence-electron chi connectivity index (χ1n) is 30.2. The van der Waals surface area contributed by atoms with Gasteiger partial charge in [-0.3, -0.25) is 0 Å². The Balaban J connectivity index is 0.00000146. The van der Waals surface area contributed by atoms with Crippen LogP contribution in [0.4, 0.5) is 4.39 Å². The summed E-state index contributed by atoms with van der Waals surface area (Å²) in [6.45, 7) is 30.1. The summed E-state index contributed by atoms with van der Waals surface area (Å²) in [7, 11) is -3.72. The number of ether oxygens (including phenoxy) is 3. The number of nitriles is 1. The molecule has 1 aromatic rings. The van der Waals surface area contributed by atoms with Crippen molar-refractivity contribution in [2.24, 2.45) is 0 Å². The molecule has 0 aromatic heterocycles. The third-order valence-electron chi connectivity index (χ3n) is 15.4. The quantitative estimate of drug-likeness (QED) is 0.0514. The molecular formula is C62H120FNO6Si2. The van der Waals surface area contributed by atoms with Gasteiger partial charge in [0.1, 0.15) is 11.9 Å². The zero-order valence-electron chi connectivity index (χ0n) is 49.8. The van der Waals surface area contributed by atoms with E-state index in [1.807, 2.05) is 0 Å². The number of aliphatic hydroxyl groups excluding tert-OH is 1. The molecule has 2 atom stereocenters. The lowest BCUT2D eigenvalue weighted by Gasteiger charge is -2.37. The van der Waals surface area contributed by atoms with Gasteiger partial charge in [-0.15, -0.1) is 0 Å². The molecule has 0 radical (unpaired) electrons. The number of unbranched alkanes of at least 4 members (excludes halogenated alkanes) is 30. The highest BCUT2D eigenvalue weighted by molar-refractivity contribution is 6.74. The fourth-order valence-corrected chi connectivity index (χ4v) is 10.2. The predicted octanol–water partition coefficient (Wildman–Crippen LogP) is 19.5. The molecule has 1 aromatic carbocycles. The van der Waals surface area contributed by atoms with Crippen molar-refractivity contribution in [1.29, 1.82) is 5.26 Å². The van der Waals surface area contributed by atoms with Crippen LogP contribution in [0.5, 0.6) is 0 Å². The first-order chi connectivity index (χ1) is 34.3. The summed E-state index contributed by atoms with van der Waals surface area (Å²) in [5, 5.41) is 19.7. The Bertz CT molecular complexity index is 1410. The van der Waals surface area contributed by atoms with Gasteiger partial charge in [0.05, 0.1) is 50.8 Å². The van der Waals surface area contributed by atoms with Crippen LogP contribution in [0.15, 0.2) is 18.2 Å². The van der Waals surface area contributed by atoms with Gasteiger partial charge in [0.25, 0.3) is 0 Å².